The molecule has 228 valence electrons. The van der Waals surface area contributed by atoms with Crippen molar-refractivity contribution in [3.05, 3.63) is 62.9 Å². The molecule has 0 aliphatic carbocycles. The number of nitrogens with zero attached hydrogens (tertiary/aromatic N) is 6. The molecule has 2 aliphatic heterocycles. The second-order valence-electron chi connectivity index (χ2n) is 9.58. The Morgan fingerprint density at radius 1 is 1.30 bits per heavy atom. The van der Waals surface area contributed by atoms with E-state index >= 15 is 0 Å². The molecule has 13 nitrogen and oxygen atoms in total. The normalized spacial score (nSPS) is 17.1. The molecule has 0 radical (unpaired) electrons. The first kappa shape index (κ1) is 30.2. The number of rotatable bonds is 9. The van der Waals surface area contributed by atoms with Crippen LogP contribution in [0.3, 0.4) is 0 Å². The van der Waals surface area contributed by atoms with Crippen molar-refractivity contribution >= 4 is 46.8 Å². The van der Waals surface area contributed by atoms with Crippen molar-refractivity contribution in [3.8, 4) is 5.75 Å². The van der Waals surface area contributed by atoms with Crippen molar-refractivity contribution in [1.82, 2.24) is 24.0 Å². The van der Waals surface area contributed by atoms with Gasteiger partial charge in [0.05, 0.1) is 37.4 Å². The quantitative estimate of drug-likeness (QED) is 0.243. The third-order valence-electron chi connectivity index (χ3n) is 6.70. The van der Waals surface area contributed by atoms with Gasteiger partial charge >= 0.3 is 6.18 Å². The third kappa shape index (κ3) is 6.72. The standard InChI is InChI=1S/C26H27ClF3N9O4/c1-37-14-15(26(28,29)30)9-16(24(37)40)35-25-36-23-22(38(25)2)21(27)19(12-34-23)43-18(10-31)17-11-33-20(13-32-17)42-8-5-39-3-6-41-7-4-39/h9-14,31-32H,3-8H2,1-2H3,(H,34,35,36)/p+1/b18-17+,31-10?. The number of fused-ring (bicyclic) bond motifs is 1. The lowest BCUT2D eigenvalue weighted by atomic mass is 10.2. The van der Waals surface area contributed by atoms with E-state index in [-0.39, 0.29) is 39.3 Å². The summed E-state index contributed by atoms with van der Waals surface area (Å²) in [5.74, 6) is 0.682. The fourth-order valence-corrected chi connectivity index (χ4v) is 4.68. The highest BCUT2D eigenvalue weighted by Gasteiger charge is 2.32. The van der Waals surface area contributed by atoms with Crippen LogP contribution in [0.1, 0.15) is 5.56 Å². The Hall–Kier alpha value is -4.25. The largest absolute Gasteiger partial charge is 0.473 e. The van der Waals surface area contributed by atoms with Gasteiger partial charge in [-0.1, -0.05) is 11.6 Å². The van der Waals surface area contributed by atoms with Crippen LogP contribution in [0.15, 0.2) is 51.8 Å². The number of hydrogen-bond acceptors (Lipinski definition) is 10. The molecule has 0 amide bonds. The number of ether oxygens (including phenoxy) is 3. The van der Waals surface area contributed by atoms with E-state index in [0.29, 0.717) is 43.7 Å². The number of hydrogen-bond donors (Lipinski definition) is 3. The Kier molecular flexibility index (Phi) is 8.82. The number of nitrogens with one attached hydrogen (secondary N) is 2. The summed E-state index contributed by atoms with van der Waals surface area (Å²) in [4.78, 5) is 27.6. The molecule has 5 heterocycles. The minimum Gasteiger partial charge on any atom is -0.473 e. The van der Waals surface area contributed by atoms with Gasteiger partial charge in [-0.3, -0.25) is 15.0 Å². The molecule has 0 saturated carbocycles. The molecule has 0 spiro atoms. The molecule has 4 N–H and O–H groups in total. The molecule has 2 aliphatic rings. The molecular formula is C26H28ClF3N9O4+. The molecular weight excluding hydrogens is 595 g/mol. The number of anilines is 2. The minimum absolute atomic E-state index is 0.0302. The van der Waals surface area contributed by atoms with Gasteiger partial charge in [0, 0.05) is 39.9 Å². The molecule has 1 fully saturated rings. The Bertz CT molecular complexity index is 1690. The van der Waals surface area contributed by atoms with Crippen LogP contribution in [-0.2, 0) is 29.7 Å². The highest BCUT2D eigenvalue weighted by Crippen LogP contribution is 2.34. The summed E-state index contributed by atoms with van der Waals surface area (Å²) in [6.07, 6.45) is 1.54. The van der Waals surface area contributed by atoms with Gasteiger partial charge in [0.25, 0.3) is 11.4 Å². The van der Waals surface area contributed by atoms with Crippen LogP contribution in [-0.4, -0.2) is 75.9 Å². The average molecular weight is 623 g/mol. The van der Waals surface area contributed by atoms with E-state index in [4.69, 9.17) is 31.2 Å². The zero-order valence-corrected chi connectivity index (χ0v) is 23.9. The van der Waals surface area contributed by atoms with Crippen molar-refractivity contribution < 1.29 is 32.7 Å². The monoisotopic (exact) mass is 622 g/mol. The summed E-state index contributed by atoms with van der Waals surface area (Å²) in [6.45, 7) is 4.36. The Morgan fingerprint density at radius 2 is 2.07 bits per heavy atom. The van der Waals surface area contributed by atoms with Gasteiger partial charge in [0.2, 0.25) is 11.7 Å². The first-order valence-electron chi connectivity index (χ1n) is 13.1. The van der Waals surface area contributed by atoms with Crippen LogP contribution in [0.25, 0.3) is 11.2 Å². The number of nitrogens with two attached hydrogens (primary N) is 1. The smallest absolute Gasteiger partial charge is 0.417 e. The van der Waals surface area contributed by atoms with Gasteiger partial charge in [-0.05, 0) is 6.07 Å². The van der Waals surface area contributed by atoms with Gasteiger partial charge in [-0.15, -0.1) is 0 Å². The molecule has 0 unspecified atom stereocenters. The van der Waals surface area contributed by atoms with Crippen molar-refractivity contribution in [1.29, 1.82) is 5.41 Å². The Balaban J connectivity index is 1.32. The predicted octanol–water partition coefficient (Wildman–Crippen LogP) is 2.12. The van der Waals surface area contributed by atoms with E-state index in [9.17, 15) is 18.0 Å². The summed E-state index contributed by atoms with van der Waals surface area (Å²) >= 11 is 6.64. The molecule has 0 aromatic carbocycles. The number of allylic oxidation sites excluding steroid dienone is 2. The first-order valence-corrected chi connectivity index (χ1v) is 13.4. The maximum absolute atomic E-state index is 13.3. The van der Waals surface area contributed by atoms with Crippen LogP contribution in [0.5, 0.6) is 5.75 Å². The van der Waals surface area contributed by atoms with Crippen molar-refractivity contribution in [2.24, 2.45) is 19.1 Å². The lowest BCUT2D eigenvalue weighted by molar-refractivity contribution is -0.530. The fourth-order valence-electron chi connectivity index (χ4n) is 4.38. The number of halogens is 4. The second kappa shape index (κ2) is 12.5. The lowest BCUT2D eigenvalue weighted by Crippen LogP contribution is -2.78. The predicted molar refractivity (Wildman–Crippen MR) is 152 cm³/mol. The molecule has 1 saturated heterocycles. The highest BCUT2D eigenvalue weighted by molar-refractivity contribution is 6.36. The van der Waals surface area contributed by atoms with Gasteiger partial charge in [-0.25, -0.2) is 9.98 Å². The zero-order valence-electron chi connectivity index (χ0n) is 23.1. The van der Waals surface area contributed by atoms with E-state index in [2.05, 4.69) is 25.2 Å². The number of quaternary nitrogens is 1. The number of morpholine rings is 1. The number of imidazole rings is 1. The summed E-state index contributed by atoms with van der Waals surface area (Å²) in [5.41, 5.74) is -1.09. The maximum atomic E-state index is 13.3. The summed E-state index contributed by atoms with van der Waals surface area (Å²) in [5, 5.41) is 12.3. The molecule has 43 heavy (non-hydrogen) atoms. The number of aromatic nitrogens is 4. The summed E-state index contributed by atoms with van der Waals surface area (Å²) in [7, 11) is 2.77. The van der Waals surface area contributed by atoms with E-state index in [1.807, 2.05) is 0 Å². The fraction of sp³-hybridized carbons (Fsp3) is 0.346. The third-order valence-corrected chi connectivity index (χ3v) is 7.06. The highest BCUT2D eigenvalue weighted by atomic mass is 35.5. The van der Waals surface area contributed by atoms with Crippen molar-refractivity contribution in [2.75, 3.05) is 44.8 Å². The zero-order chi connectivity index (χ0) is 30.7. The Labute approximate surface area is 247 Å². The van der Waals surface area contributed by atoms with Crippen LogP contribution in [0.4, 0.5) is 24.8 Å². The number of aliphatic imine (C=N–C) groups is 1. The molecule has 3 aromatic heterocycles. The van der Waals surface area contributed by atoms with Gasteiger partial charge in [0.1, 0.15) is 22.8 Å². The number of aryl methyl sites for hydroxylation is 2. The summed E-state index contributed by atoms with van der Waals surface area (Å²) in [6, 6.07) is 0.713. The minimum atomic E-state index is -4.65. The van der Waals surface area contributed by atoms with Crippen molar-refractivity contribution in [3.63, 3.8) is 0 Å². The van der Waals surface area contributed by atoms with E-state index in [0.717, 1.165) is 30.4 Å². The van der Waals surface area contributed by atoms with E-state index in [1.165, 1.54) is 24.0 Å². The maximum Gasteiger partial charge on any atom is 0.417 e. The van der Waals surface area contributed by atoms with Crippen LogP contribution >= 0.6 is 11.6 Å². The van der Waals surface area contributed by atoms with Crippen LogP contribution < -0.4 is 20.9 Å². The molecule has 5 rings (SSSR count). The van der Waals surface area contributed by atoms with E-state index in [1.54, 1.807) is 18.6 Å². The second-order valence-corrected chi connectivity index (χ2v) is 9.96. The van der Waals surface area contributed by atoms with Crippen LogP contribution in [0, 0.1) is 5.41 Å². The lowest BCUT2D eigenvalue weighted by Gasteiger charge is -2.26. The SMILES string of the molecule is Cn1cc(C(F)(F)F)cc(Nc2nc3ncc(O/C(C=N)=C4\C=NC(OCCN5CCOCC5)=C[NH2+]4)c(Cl)c3n2C)c1=O. The summed E-state index contributed by atoms with van der Waals surface area (Å²) < 4.78 is 59.2. The average Bonchev–Trinajstić information content (AvgIpc) is 3.30. The van der Waals surface area contributed by atoms with Gasteiger partial charge in [-0.2, -0.15) is 18.2 Å². The molecule has 0 atom stereocenters. The number of alkyl halides is 3. The van der Waals surface area contributed by atoms with E-state index < -0.39 is 17.3 Å². The first-order chi connectivity index (χ1) is 20.5. The molecule has 3 aromatic rings. The topological polar surface area (TPSA) is 148 Å². The number of pyridine rings is 2. The Morgan fingerprint density at radius 3 is 2.74 bits per heavy atom. The van der Waals surface area contributed by atoms with Gasteiger partial charge in [0.15, 0.2) is 23.3 Å². The molecule has 17 heteroatoms. The van der Waals surface area contributed by atoms with Crippen LogP contribution in [0.2, 0.25) is 5.02 Å². The van der Waals surface area contributed by atoms with Gasteiger partial charge < -0.3 is 34.1 Å². The van der Waals surface area contributed by atoms with Crippen molar-refractivity contribution in [2.45, 2.75) is 6.18 Å². The molecule has 0 bridgehead atoms.